The third kappa shape index (κ3) is 3.86. The van der Waals surface area contributed by atoms with Gasteiger partial charge in [0.15, 0.2) is 5.78 Å². The van der Waals surface area contributed by atoms with Crippen molar-refractivity contribution in [3.63, 3.8) is 0 Å². The first-order valence-electron chi connectivity index (χ1n) is 9.98. The Hall–Kier alpha value is -3.38. The average molecular weight is 430 g/mol. The number of benzene rings is 2. The van der Waals surface area contributed by atoms with Crippen molar-refractivity contribution in [3.05, 3.63) is 94.3 Å². The van der Waals surface area contributed by atoms with Crippen molar-refractivity contribution in [3.8, 4) is 0 Å². The summed E-state index contributed by atoms with van der Waals surface area (Å²) >= 11 is 1.27. The second-order valence-corrected chi connectivity index (χ2v) is 8.61. The maximum atomic E-state index is 13.8. The molecule has 156 valence electrons. The Balaban J connectivity index is 1.85. The second-order valence-electron chi connectivity index (χ2n) is 7.51. The van der Waals surface area contributed by atoms with Crippen LogP contribution in [0.4, 0.5) is 0 Å². The van der Waals surface area contributed by atoms with Crippen LogP contribution in [0, 0.1) is 20.8 Å². The molecule has 4 rings (SSSR count). The molecular formula is C25H23N3O2S. The molecule has 0 aliphatic heterocycles. The number of Topliss-reactive ketones (excluding diaryl/α,β-unsaturated/α-hetero) is 1. The van der Waals surface area contributed by atoms with Crippen LogP contribution in [0.1, 0.15) is 48.4 Å². The van der Waals surface area contributed by atoms with E-state index in [0.717, 1.165) is 33.3 Å². The normalized spacial score (nSPS) is 12.1. The lowest BCUT2D eigenvalue weighted by Crippen LogP contribution is -2.18. The molecule has 4 aromatic rings. The van der Waals surface area contributed by atoms with Gasteiger partial charge in [-0.05, 0) is 43.5 Å². The molecule has 0 aliphatic rings. The van der Waals surface area contributed by atoms with Crippen molar-refractivity contribution in [2.45, 2.75) is 31.0 Å². The molecule has 0 unspecified atom stereocenters. The Labute approximate surface area is 185 Å². The minimum atomic E-state index is -0.576. The summed E-state index contributed by atoms with van der Waals surface area (Å²) in [6.07, 6.45) is 1.75. The predicted octanol–water partition coefficient (Wildman–Crippen LogP) is 5.30. The number of thioether (sulfide) groups is 1. The highest BCUT2D eigenvalue weighted by molar-refractivity contribution is 8.00. The zero-order valence-corrected chi connectivity index (χ0v) is 18.4. The third-order valence-electron chi connectivity index (χ3n) is 5.63. The number of aromatic nitrogens is 2. The molecule has 2 aromatic heterocycles. The number of H-pyrrole nitrogens is 1. The Morgan fingerprint density at radius 1 is 0.968 bits per heavy atom. The highest BCUT2D eigenvalue weighted by Crippen LogP contribution is 2.40. The number of amides is 1. The number of ketones is 1. The van der Waals surface area contributed by atoms with Gasteiger partial charge in [0.2, 0.25) is 0 Å². The number of hydrogen-bond acceptors (Lipinski definition) is 4. The molecule has 0 spiro atoms. The number of primary amides is 1. The van der Waals surface area contributed by atoms with Crippen LogP contribution in [0.25, 0.3) is 10.9 Å². The van der Waals surface area contributed by atoms with Crippen LogP contribution >= 0.6 is 11.8 Å². The molecule has 2 aromatic carbocycles. The van der Waals surface area contributed by atoms with Gasteiger partial charge in [0, 0.05) is 28.4 Å². The molecule has 0 radical (unpaired) electrons. The highest BCUT2D eigenvalue weighted by atomic mass is 32.2. The Morgan fingerprint density at radius 3 is 2.35 bits per heavy atom. The van der Waals surface area contributed by atoms with Gasteiger partial charge in [-0.2, -0.15) is 0 Å². The standard InChI is InChI=1S/C25H23N3O2S/c1-14-15(2)21(24(26)30)25(28-16(14)3)31-23(17-9-5-4-6-10-17)22(29)19-13-27-20-12-8-7-11-18(19)20/h4-13,23,27H,1-3H3,(H2,26,30)/t23-/m0/s1. The summed E-state index contributed by atoms with van der Waals surface area (Å²) in [5.74, 6) is -0.594. The zero-order chi connectivity index (χ0) is 22.1. The van der Waals surface area contributed by atoms with E-state index in [4.69, 9.17) is 5.73 Å². The fraction of sp³-hybridized carbons (Fsp3) is 0.160. The Morgan fingerprint density at radius 2 is 1.65 bits per heavy atom. The van der Waals surface area contributed by atoms with Gasteiger partial charge in [-0.1, -0.05) is 60.3 Å². The van der Waals surface area contributed by atoms with Crippen molar-refractivity contribution in [2.75, 3.05) is 0 Å². The second kappa shape index (κ2) is 8.40. The van der Waals surface area contributed by atoms with E-state index in [9.17, 15) is 9.59 Å². The first-order valence-corrected chi connectivity index (χ1v) is 10.9. The number of fused-ring (bicyclic) bond motifs is 1. The van der Waals surface area contributed by atoms with Crippen LogP contribution < -0.4 is 5.73 Å². The van der Waals surface area contributed by atoms with E-state index in [-0.39, 0.29) is 5.78 Å². The minimum Gasteiger partial charge on any atom is -0.366 e. The molecule has 2 heterocycles. The fourth-order valence-corrected chi connectivity index (χ4v) is 5.03. The summed E-state index contributed by atoms with van der Waals surface area (Å²) in [6.45, 7) is 5.69. The molecule has 0 saturated carbocycles. The minimum absolute atomic E-state index is 0.0539. The Bertz CT molecular complexity index is 1300. The number of hydrogen-bond donors (Lipinski definition) is 2. The van der Waals surface area contributed by atoms with Gasteiger partial charge in [0.1, 0.15) is 5.03 Å². The summed E-state index contributed by atoms with van der Waals surface area (Å²) in [5.41, 5.74) is 11.0. The van der Waals surface area contributed by atoms with Crippen LogP contribution in [0.5, 0.6) is 0 Å². The predicted molar refractivity (Wildman–Crippen MR) is 125 cm³/mol. The number of pyridine rings is 1. The van der Waals surface area contributed by atoms with Crippen LogP contribution in [0.15, 0.2) is 65.8 Å². The molecule has 0 bridgehead atoms. The molecule has 31 heavy (non-hydrogen) atoms. The summed E-state index contributed by atoms with van der Waals surface area (Å²) in [4.78, 5) is 33.9. The number of nitrogens with one attached hydrogen (secondary N) is 1. The van der Waals surface area contributed by atoms with E-state index in [1.165, 1.54) is 11.8 Å². The van der Waals surface area contributed by atoms with Crippen LogP contribution in [0.3, 0.4) is 0 Å². The lowest BCUT2D eigenvalue weighted by molar-refractivity contribution is 0.0982. The third-order valence-corrected chi connectivity index (χ3v) is 6.87. The van der Waals surface area contributed by atoms with Crippen molar-refractivity contribution in [1.29, 1.82) is 0 Å². The highest BCUT2D eigenvalue weighted by Gasteiger charge is 2.29. The van der Waals surface area contributed by atoms with Gasteiger partial charge in [-0.15, -0.1) is 0 Å². The first kappa shape index (κ1) is 20.9. The number of nitrogens with zero attached hydrogens (tertiary/aromatic N) is 1. The maximum absolute atomic E-state index is 13.8. The molecule has 0 aliphatic carbocycles. The molecule has 6 heteroatoms. The molecular weight excluding hydrogens is 406 g/mol. The van der Waals surface area contributed by atoms with Gasteiger partial charge in [-0.25, -0.2) is 4.98 Å². The molecule has 0 fully saturated rings. The quantitative estimate of drug-likeness (QED) is 0.321. The summed E-state index contributed by atoms with van der Waals surface area (Å²) in [6, 6.07) is 17.3. The van der Waals surface area contributed by atoms with Gasteiger partial charge in [0.05, 0.1) is 10.8 Å². The zero-order valence-electron chi connectivity index (χ0n) is 17.6. The lowest BCUT2D eigenvalue weighted by Gasteiger charge is -2.19. The van der Waals surface area contributed by atoms with Crippen LogP contribution in [-0.2, 0) is 0 Å². The molecule has 1 atom stereocenters. The Kier molecular flexibility index (Phi) is 5.65. The average Bonchev–Trinajstić information content (AvgIpc) is 3.20. The van der Waals surface area contributed by atoms with Crippen molar-refractivity contribution < 1.29 is 9.59 Å². The molecule has 1 amide bonds. The summed E-state index contributed by atoms with van der Waals surface area (Å²) < 4.78 is 0. The van der Waals surface area contributed by atoms with E-state index in [2.05, 4.69) is 9.97 Å². The molecule has 3 N–H and O–H groups in total. The number of carbonyl (C=O) groups excluding carboxylic acids is 2. The topological polar surface area (TPSA) is 88.8 Å². The fourth-order valence-electron chi connectivity index (χ4n) is 3.72. The van der Waals surface area contributed by atoms with E-state index in [1.54, 1.807) is 6.20 Å². The largest absolute Gasteiger partial charge is 0.366 e. The van der Waals surface area contributed by atoms with E-state index in [0.29, 0.717) is 16.2 Å². The van der Waals surface area contributed by atoms with Crippen molar-refractivity contribution >= 4 is 34.4 Å². The number of aromatic amines is 1. The number of carbonyl (C=O) groups is 2. The monoisotopic (exact) mass is 429 g/mol. The van der Waals surface area contributed by atoms with Gasteiger partial charge >= 0.3 is 0 Å². The molecule has 0 saturated heterocycles. The number of rotatable bonds is 6. The number of aryl methyl sites for hydroxylation is 1. The van der Waals surface area contributed by atoms with Gasteiger partial charge < -0.3 is 10.7 Å². The first-order chi connectivity index (χ1) is 14.9. The van der Waals surface area contributed by atoms with E-state index < -0.39 is 11.2 Å². The maximum Gasteiger partial charge on any atom is 0.251 e. The van der Waals surface area contributed by atoms with Gasteiger partial charge in [0.25, 0.3) is 5.91 Å². The summed E-state index contributed by atoms with van der Waals surface area (Å²) in [7, 11) is 0. The smallest absolute Gasteiger partial charge is 0.251 e. The number of para-hydroxylation sites is 1. The van der Waals surface area contributed by atoms with Crippen LogP contribution in [0.2, 0.25) is 0 Å². The van der Waals surface area contributed by atoms with Crippen molar-refractivity contribution in [1.82, 2.24) is 9.97 Å². The van der Waals surface area contributed by atoms with Gasteiger partial charge in [-0.3, -0.25) is 9.59 Å². The van der Waals surface area contributed by atoms with E-state index in [1.807, 2.05) is 75.4 Å². The molecule has 5 nitrogen and oxygen atoms in total. The summed E-state index contributed by atoms with van der Waals surface area (Å²) in [5, 5.41) is 0.774. The lowest BCUT2D eigenvalue weighted by atomic mass is 10.0. The van der Waals surface area contributed by atoms with Crippen molar-refractivity contribution in [2.24, 2.45) is 5.73 Å². The number of nitrogens with two attached hydrogens (primary N) is 1. The SMILES string of the molecule is Cc1nc(S[C@H](C(=O)c2c[nH]c3ccccc23)c2ccccc2)c(C(N)=O)c(C)c1C. The van der Waals surface area contributed by atoms with Crippen LogP contribution in [-0.4, -0.2) is 21.7 Å². The van der Waals surface area contributed by atoms with E-state index >= 15 is 0 Å².